The van der Waals surface area contributed by atoms with Crippen molar-refractivity contribution in [2.24, 2.45) is 0 Å². The van der Waals surface area contributed by atoms with Crippen LogP contribution in [0.4, 0.5) is 0 Å². The average Bonchev–Trinajstić information content (AvgIpc) is 2.29. The second kappa shape index (κ2) is 6.15. The molecule has 2 unspecified atom stereocenters. The molecule has 1 amide bonds. The van der Waals surface area contributed by atoms with Crippen LogP contribution in [0.25, 0.3) is 0 Å². The van der Waals surface area contributed by atoms with Gasteiger partial charge in [-0.25, -0.2) is 0 Å². The van der Waals surface area contributed by atoms with Gasteiger partial charge in [0.15, 0.2) is 0 Å². The van der Waals surface area contributed by atoms with Gasteiger partial charge in [0.05, 0.1) is 24.4 Å². The van der Waals surface area contributed by atoms with Gasteiger partial charge in [0.1, 0.15) is 18.3 Å². The SMILES string of the molecule is CC(=O)NC1C([C@H](O)[C@H](O)CO)OC(C)(C)C[C@H]1O. The van der Waals surface area contributed by atoms with Gasteiger partial charge in [-0.1, -0.05) is 0 Å². The number of nitrogens with one attached hydrogen (secondary N) is 1. The van der Waals surface area contributed by atoms with Gasteiger partial charge in [0.25, 0.3) is 0 Å². The van der Waals surface area contributed by atoms with E-state index in [0.717, 1.165) is 0 Å². The first-order valence-electron chi connectivity index (χ1n) is 6.28. The molecular weight excluding hydrogens is 254 g/mol. The van der Waals surface area contributed by atoms with Crippen molar-refractivity contribution in [3.8, 4) is 0 Å². The standard InChI is InChI=1S/C12H23NO6/c1-6(15)13-9-7(16)4-12(2,3)19-11(9)10(18)8(17)5-14/h7-11,14,16-18H,4-5H2,1-3H3,(H,13,15)/t7-,8-,9?,10-,11?/m1/s1. The third-order valence-electron chi connectivity index (χ3n) is 3.21. The maximum Gasteiger partial charge on any atom is 0.217 e. The molecule has 7 heteroatoms. The van der Waals surface area contributed by atoms with Crippen molar-refractivity contribution < 1.29 is 30.0 Å². The van der Waals surface area contributed by atoms with Gasteiger partial charge in [-0.3, -0.25) is 4.79 Å². The summed E-state index contributed by atoms with van der Waals surface area (Å²) in [5, 5.41) is 41.0. The molecule has 0 saturated carbocycles. The second-order valence-electron chi connectivity index (χ2n) is 5.58. The van der Waals surface area contributed by atoms with Gasteiger partial charge in [-0.15, -0.1) is 0 Å². The normalized spacial score (nSPS) is 33.5. The lowest BCUT2D eigenvalue weighted by molar-refractivity contribution is -0.210. The zero-order valence-corrected chi connectivity index (χ0v) is 11.4. The molecule has 1 rings (SSSR count). The smallest absolute Gasteiger partial charge is 0.217 e. The zero-order chi connectivity index (χ0) is 14.8. The molecule has 0 aromatic rings. The topological polar surface area (TPSA) is 119 Å². The van der Waals surface area contributed by atoms with E-state index in [0.29, 0.717) is 0 Å². The van der Waals surface area contributed by atoms with Gasteiger partial charge in [0, 0.05) is 13.3 Å². The van der Waals surface area contributed by atoms with Crippen LogP contribution >= 0.6 is 0 Å². The molecule has 1 aliphatic rings. The monoisotopic (exact) mass is 277 g/mol. The van der Waals surface area contributed by atoms with Crippen molar-refractivity contribution in [2.45, 2.75) is 63.3 Å². The predicted molar refractivity (Wildman–Crippen MR) is 66.3 cm³/mol. The molecule has 0 spiro atoms. The number of rotatable bonds is 4. The van der Waals surface area contributed by atoms with E-state index in [1.54, 1.807) is 13.8 Å². The van der Waals surface area contributed by atoms with E-state index < -0.39 is 42.7 Å². The Bertz CT molecular complexity index is 321. The minimum absolute atomic E-state index is 0.288. The maximum atomic E-state index is 11.2. The fourth-order valence-corrected chi connectivity index (χ4v) is 2.36. The molecule has 0 aromatic heterocycles. The molecule has 0 aromatic carbocycles. The summed E-state index contributed by atoms with van der Waals surface area (Å²) < 4.78 is 5.65. The Kier molecular flexibility index (Phi) is 5.28. The Morgan fingerprint density at radius 3 is 2.53 bits per heavy atom. The number of hydrogen-bond acceptors (Lipinski definition) is 6. The Labute approximate surface area is 112 Å². The lowest BCUT2D eigenvalue weighted by Crippen LogP contribution is -2.64. The van der Waals surface area contributed by atoms with Crippen LogP contribution in [0.5, 0.6) is 0 Å². The fraction of sp³-hybridized carbons (Fsp3) is 0.917. The first kappa shape index (κ1) is 16.3. The number of hydrogen-bond donors (Lipinski definition) is 5. The summed E-state index contributed by atoms with van der Waals surface area (Å²) >= 11 is 0. The zero-order valence-electron chi connectivity index (χ0n) is 11.4. The highest BCUT2D eigenvalue weighted by Crippen LogP contribution is 2.31. The van der Waals surface area contributed by atoms with Gasteiger partial charge < -0.3 is 30.5 Å². The minimum atomic E-state index is -1.41. The van der Waals surface area contributed by atoms with Crippen molar-refractivity contribution in [1.29, 1.82) is 0 Å². The molecule has 1 aliphatic heterocycles. The van der Waals surface area contributed by atoms with Crippen LogP contribution in [-0.2, 0) is 9.53 Å². The predicted octanol–water partition coefficient (Wildman–Crippen LogP) is -1.87. The van der Waals surface area contributed by atoms with Crippen LogP contribution in [-0.4, -0.2) is 69.0 Å². The molecule has 1 heterocycles. The molecule has 19 heavy (non-hydrogen) atoms. The minimum Gasteiger partial charge on any atom is -0.394 e. The molecule has 5 atom stereocenters. The summed E-state index contributed by atoms with van der Waals surface area (Å²) in [5.41, 5.74) is -0.699. The number of carbonyl (C=O) groups excluding carboxylic acids is 1. The van der Waals surface area contributed by atoms with E-state index in [-0.39, 0.29) is 12.3 Å². The highest BCUT2D eigenvalue weighted by molar-refractivity contribution is 5.73. The number of aliphatic hydroxyl groups excluding tert-OH is 4. The largest absolute Gasteiger partial charge is 0.394 e. The van der Waals surface area contributed by atoms with Crippen molar-refractivity contribution >= 4 is 5.91 Å². The quantitative estimate of drug-likeness (QED) is 0.411. The van der Waals surface area contributed by atoms with Crippen molar-refractivity contribution in [1.82, 2.24) is 5.32 Å². The molecule has 7 nitrogen and oxygen atoms in total. The van der Waals surface area contributed by atoms with E-state index in [1.165, 1.54) is 6.92 Å². The van der Waals surface area contributed by atoms with Crippen LogP contribution in [0, 0.1) is 0 Å². The third-order valence-corrected chi connectivity index (χ3v) is 3.21. The number of carbonyl (C=O) groups is 1. The van der Waals surface area contributed by atoms with Crippen LogP contribution in [0.1, 0.15) is 27.2 Å². The maximum absolute atomic E-state index is 11.2. The average molecular weight is 277 g/mol. The van der Waals surface area contributed by atoms with Gasteiger partial charge in [-0.05, 0) is 13.8 Å². The highest BCUT2D eigenvalue weighted by atomic mass is 16.5. The summed E-state index contributed by atoms with van der Waals surface area (Å²) in [6.45, 7) is 4.14. The summed E-state index contributed by atoms with van der Waals surface area (Å²) in [4.78, 5) is 11.2. The lowest BCUT2D eigenvalue weighted by Gasteiger charge is -2.46. The second-order valence-corrected chi connectivity index (χ2v) is 5.58. The first-order valence-corrected chi connectivity index (χ1v) is 6.28. The molecule has 112 valence electrons. The molecular formula is C12H23NO6. The Morgan fingerprint density at radius 2 is 2.05 bits per heavy atom. The highest BCUT2D eigenvalue weighted by Gasteiger charge is 2.46. The van der Waals surface area contributed by atoms with Crippen LogP contribution < -0.4 is 5.32 Å². The molecule has 0 bridgehead atoms. The molecule has 0 radical (unpaired) electrons. The summed E-state index contributed by atoms with van der Waals surface area (Å²) in [5.74, 6) is -0.372. The van der Waals surface area contributed by atoms with Crippen molar-refractivity contribution in [2.75, 3.05) is 6.61 Å². The van der Waals surface area contributed by atoms with Crippen LogP contribution in [0.2, 0.25) is 0 Å². The van der Waals surface area contributed by atoms with E-state index in [2.05, 4.69) is 5.32 Å². The molecule has 5 N–H and O–H groups in total. The molecule has 0 aliphatic carbocycles. The summed E-state index contributed by atoms with van der Waals surface area (Å²) in [6.07, 6.45) is -4.42. The van der Waals surface area contributed by atoms with Gasteiger partial charge in [-0.2, -0.15) is 0 Å². The van der Waals surface area contributed by atoms with Crippen molar-refractivity contribution in [3.63, 3.8) is 0 Å². The number of amides is 1. The Morgan fingerprint density at radius 1 is 1.47 bits per heavy atom. The van der Waals surface area contributed by atoms with Crippen molar-refractivity contribution in [3.05, 3.63) is 0 Å². The van der Waals surface area contributed by atoms with E-state index in [1.807, 2.05) is 0 Å². The van der Waals surface area contributed by atoms with Crippen LogP contribution in [0.3, 0.4) is 0 Å². The van der Waals surface area contributed by atoms with E-state index in [9.17, 15) is 20.1 Å². The summed E-state index contributed by atoms with van der Waals surface area (Å²) in [6, 6.07) is -0.832. The lowest BCUT2D eigenvalue weighted by atomic mass is 9.85. The van der Waals surface area contributed by atoms with Gasteiger partial charge in [0.2, 0.25) is 5.91 Å². The van der Waals surface area contributed by atoms with E-state index in [4.69, 9.17) is 9.84 Å². The van der Waals surface area contributed by atoms with E-state index >= 15 is 0 Å². The number of aliphatic hydroxyl groups is 4. The van der Waals surface area contributed by atoms with Crippen LogP contribution in [0.15, 0.2) is 0 Å². The first-order chi connectivity index (χ1) is 8.68. The fourth-order valence-electron chi connectivity index (χ4n) is 2.36. The summed E-state index contributed by atoms with van der Waals surface area (Å²) in [7, 11) is 0. The molecule has 1 saturated heterocycles. The Hall–Kier alpha value is -0.730. The number of ether oxygens (including phenoxy) is 1. The Balaban J connectivity index is 2.93. The molecule has 1 fully saturated rings. The van der Waals surface area contributed by atoms with Gasteiger partial charge >= 0.3 is 0 Å². The third kappa shape index (κ3) is 4.12.